The Morgan fingerprint density at radius 2 is 1.96 bits per heavy atom. The van der Waals surface area contributed by atoms with Gasteiger partial charge in [-0.05, 0) is 31.2 Å². The Hall–Kier alpha value is -3.52. The minimum Gasteiger partial charge on any atom is -0.497 e. The summed E-state index contributed by atoms with van der Waals surface area (Å²) in [5.41, 5.74) is 2.40. The normalized spacial score (nSPS) is 10.6. The summed E-state index contributed by atoms with van der Waals surface area (Å²) < 4.78 is 6.92. The zero-order valence-corrected chi connectivity index (χ0v) is 16.1. The number of benzene rings is 1. The van der Waals surface area contributed by atoms with Gasteiger partial charge >= 0.3 is 0 Å². The number of nitrogens with one attached hydrogen (secondary N) is 1. The van der Waals surface area contributed by atoms with Gasteiger partial charge in [-0.2, -0.15) is 5.10 Å². The summed E-state index contributed by atoms with van der Waals surface area (Å²) >= 11 is 1.35. The third kappa shape index (κ3) is 3.49. The second-order valence-corrected chi connectivity index (χ2v) is 6.95. The van der Waals surface area contributed by atoms with Crippen LogP contribution in [0.5, 0.6) is 5.75 Å². The smallest absolute Gasteiger partial charge is 0.268 e. The Kier molecular flexibility index (Phi) is 4.86. The molecule has 1 aromatic carbocycles. The number of ether oxygens (including phenoxy) is 1. The fourth-order valence-electron chi connectivity index (χ4n) is 2.75. The molecular formula is C20H17N5O2S. The number of aryl methyl sites for hydroxylation is 1. The minimum atomic E-state index is -0.222. The molecular weight excluding hydrogens is 374 g/mol. The van der Waals surface area contributed by atoms with Crippen LogP contribution in [0.2, 0.25) is 0 Å². The Balaban J connectivity index is 1.60. The zero-order valence-electron chi connectivity index (χ0n) is 15.3. The lowest BCUT2D eigenvalue weighted by atomic mass is 10.2. The predicted molar refractivity (Wildman–Crippen MR) is 108 cm³/mol. The highest BCUT2D eigenvalue weighted by molar-refractivity contribution is 7.17. The van der Waals surface area contributed by atoms with Gasteiger partial charge in [0.15, 0.2) is 0 Å². The van der Waals surface area contributed by atoms with E-state index >= 15 is 0 Å². The highest BCUT2D eigenvalue weighted by Gasteiger charge is 2.18. The molecule has 0 aliphatic rings. The number of rotatable bonds is 5. The van der Waals surface area contributed by atoms with Gasteiger partial charge in [0.1, 0.15) is 21.5 Å². The first-order valence-corrected chi connectivity index (χ1v) is 9.35. The average molecular weight is 391 g/mol. The summed E-state index contributed by atoms with van der Waals surface area (Å²) in [4.78, 5) is 22.0. The third-order valence-corrected chi connectivity index (χ3v) is 5.32. The van der Waals surface area contributed by atoms with Gasteiger partial charge in [-0.25, -0.2) is 9.67 Å². The van der Waals surface area contributed by atoms with Crippen molar-refractivity contribution in [2.75, 3.05) is 12.4 Å². The molecule has 0 saturated carbocycles. The molecule has 8 heteroatoms. The lowest BCUT2D eigenvalue weighted by Gasteiger charge is -2.08. The van der Waals surface area contributed by atoms with Crippen LogP contribution in [0.25, 0.3) is 16.3 Å². The maximum absolute atomic E-state index is 12.9. The molecule has 0 radical (unpaired) electrons. The van der Waals surface area contributed by atoms with E-state index in [1.54, 1.807) is 36.4 Å². The molecule has 0 spiro atoms. The quantitative estimate of drug-likeness (QED) is 0.557. The van der Waals surface area contributed by atoms with Crippen molar-refractivity contribution >= 4 is 23.1 Å². The van der Waals surface area contributed by atoms with Crippen molar-refractivity contribution in [3.8, 4) is 22.0 Å². The minimum absolute atomic E-state index is 0.222. The molecule has 1 amide bonds. The van der Waals surface area contributed by atoms with E-state index in [1.165, 1.54) is 11.3 Å². The number of aromatic nitrogens is 4. The number of amides is 1. The highest BCUT2D eigenvalue weighted by atomic mass is 32.1. The first-order valence-electron chi connectivity index (χ1n) is 8.53. The van der Waals surface area contributed by atoms with Crippen molar-refractivity contribution in [2.45, 2.75) is 6.92 Å². The van der Waals surface area contributed by atoms with Gasteiger partial charge in [0.2, 0.25) is 0 Å². The molecule has 0 fully saturated rings. The Morgan fingerprint density at radius 3 is 2.75 bits per heavy atom. The molecule has 3 heterocycles. The van der Waals surface area contributed by atoms with E-state index in [9.17, 15) is 4.79 Å². The molecule has 0 bridgehead atoms. The van der Waals surface area contributed by atoms with Crippen molar-refractivity contribution < 1.29 is 9.53 Å². The Labute approximate surface area is 165 Å². The fraction of sp³-hybridized carbons (Fsp3) is 0.100. The molecule has 7 nitrogen and oxygen atoms in total. The van der Waals surface area contributed by atoms with Crippen molar-refractivity contribution in [3.63, 3.8) is 0 Å². The fourth-order valence-corrected chi connectivity index (χ4v) is 3.71. The average Bonchev–Trinajstić information content (AvgIpc) is 3.35. The number of thiazole rings is 1. The number of carbonyl (C=O) groups is 1. The van der Waals surface area contributed by atoms with Crippen LogP contribution in [-0.2, 0) is 0 Å². The molecule has 140 valence electrons. The van der Waals surface area contributed by atoms with Gasteiger partial charge in [0, 0.05) is 24.0 Å². The van der Waals surface area contributed by atoms with Crippen LogP contribution in [0, 0.1) is 6.92 Å². The van der Waals surface area contributed by atoms with Crippen LogP contribution in [0.1, 0.15) is 15.4 Å². The lowest BCUT2D eigenvalue weighted by molar-refractivity contribution is 0.102. The van der Waals surface area contributed by atoms with Gasteiger partial charge in [0.25, 0.3) is 5.91 Å². The number of nitrogens with zero attached hydrogens (tertiary/aromatic N) is 4. The number of carbonyl (C=O) groups excluding carboxylic acids is 1. The molecule has 0 atom stereocenters. The lowest BCUT2D eigenvalue weighted by Crippen LogP contribution is -2.15. The number of methoxy groups -OCH3 is 1. The molecule has 0 saturated heterocycles. The standard InChI is InChI=1S/C20H17N5O2S/c1-13-18(28-20(23-13)14-4-3-5-16(12-14)27-2)19(26)24-17-8-11-22-25(17)15-6-9-21-10-7-15/h3-12H,1-2H3,(H,24,26). The summed E-state index contributed by atoms with van der Waals surface area (Å²) in [6.45, 7) is 1.83. The Bertz CT molecular complexity index is 1120. The van der Waals surface area contributed by atoms with E-state index < -0.39 is 0 Å². The summed E-state index contributed by atoms with van der Waals surface area (Å²) in [6, 6.07) is 13.0. The number of hydrogen-bond donors (Lipinski definition) is 1. The second kappa shape index (κ2) is 7.61. The maximum atomic E-state index is 12.9. The largest absolute Gasteiger partial charge is 0.497 e. The topological polar surface area (TPSA) is 81.9 Å². The number of pyridine rings is 1. The van der Waals surface area contributed by atoms with Crippen LogP contribution in [0.3, 0.4) is 0 Å². The SMILES string of the molecule is COc1cccc(-c2nc(C)c(C(=O)Nc3ccnn3-c3ccncc3)s2)c1. The maximum Gasteiger partial charge on any atom is 0.268 e. The highest BCUT2D eigenvalue weighted by Crippen LogP contribution is 2.30. The van der Waals surface area contributed by atoms with E-state index in [-0.39, 0.29) is 5.91 Å². The first kappa shape index (κ1) is 17.9. The van der Waals surface area contributed by atoms with Gasteiger partial charge in [-0.15, -0.1) is 11.3 Å². The molecule has 1 N–H and O–H groups in total. The Morgan fingerprint density at radius 1 is 1.14 bits per heavy atom. The summed E-state index contributed by atoms with van der Waals surface area (Å²) in [6.07, 6.45) is 4.99. The van der Waals surface area contributed by atoms with Gasteiger partial charge in [-0.1, -0.05) is 12.1 Å². The van der Waals surface area contributed by atoms with E-state index in [0.29, 0.717) is 16.4 Å². The van der Waals surface area contributed by atoms with Crippen LogP contribution in [0.4, 0.5) is 5.82 Å². The number of anilines is 1. The summed E-state index contributed by atoms with van der Waals surface area (Å²) in [5, 5.41) is 7.96. The monoisotopic (exact) mass is 391 g/mol. The molecule has 4 rings (SSSR count). The summed E-state index contributed by atoms with van der Waals surface area (Å²) in [7, 11) is 1.62. The van der Waals surface area contributed by atoms with E-state index in [4.69, 9.17) is 4.74 Å². The van der Waals surface area contributed by atoms with Crippen molar-refractivity contribution in [2.24, 2.45) is 0 Å². The predicted octanol–water partition coefficient (Wildman–Crippen LogP) is 3.96. The number of hydrogen-bond acceptors (Lipinski definition) is 6. The molecule has 28 heavy (non-hydrogen) atoms. The molecule has 3 aromatic heterocycles. The second-order valence-electron chi connectivity index (χ2n) is 5.95. The van der Waals surface area contributed by atoms with Crippen molar-refractivity contribution in [3.05, 3.63) is 71.6 Å². The van der Waals surface area contributed by atoms with Crippen molar-refractivity contribution in [1.29, 1.82) is 0 Å². The van der Waals surface area contributed by atoms with Crippen LogP contribution < -0.4 is 10.1 Å². The summed E-state index contributed by atoms with van der Waals surface area (Å²) in [5.74, 6) is 1.10. The van der Waals surface area contributed by atoms with Gasteiger partial charge in [-0.3, -0.25) is 9.78 Å². The van der Waals surface area contributed by atoms with E-state index in [2.05, 4.69) is 20.4 Å². The van der Waals surface area contributed by atoms with E-state index in [0.717, 1.165) is 22.0 Å². The van der Waals surface area contributed by atoms with Gasteiger partial charge < -0.3 is 10.1 Å². The van der Waals surface area contributed by atoms with Crippen LogP contribution >= 0.6 is 11.3 Å². The molecule has 4 aromatic rings. The van der Waals surface area contributed by atoms with Crippen LogP contribution in [-0.4, -0.2) is 32.8 Å². The zero-order chi connectivity index (χ0) is 19.5. The van der Waals surface area contributed by atoms with Gasteiger partial charge in [0.05, 0.1) is 24.7 Å². The molecule has 0 aliphatic heterocycles. The van der Waals surface area contributed by atoms with E-state index in [1.807, 2.05) is 43.3 Å². The third-order valence-electron chi connectivity index (χ3n) is 4.11. The molecule has 0 aliphatic carbocycles. The molecule has 0 unspecified atom stereocenters. The first-order chi connectivity index (χ1) is 13.7. The van der Waals surface area contributed by atoms with Crippen LogP contribution in [0.15, 0.2) is 61.1 Å². The van der Waals surface area contributed by atoms with Crippen molar-refractivity contribution in [1.82, 2.24) is 19.7 Å².